The average Bonchev–Trinajstić information content (AvgIpc) is 2.32. The van der Waals surface area contributed by atoms with Crippen molar-refractivity contribution in [3.8, 4) is 0 Å². The van der Waals surface area contributed by atoms with Gasteiger partial charge in [-0.15, -0.1) is 6.58 Å². The molecule has 1 saturated heterocycles. The smallest absolute Gasteiger partial charge is 0.241 e. The molecule has 0 aromatic heterocycles. The Bertz CT molecular complexity index is 242. The second-order valence-corrected chi connectivity index (χ2v) is 4.13. The standard InChI is InChI=1S/C11H21N3O/c1-4-6-14-9(2)5-7-13(3)11(15)10(14)8-12/h4,9-10H,1,5-8,12H2,2-3H3. The van der Waals surface area contributed by atoms with E-state index >= 15 is 0 Å². The van der Waals surface area contributed by atoms with Crippen molar-refractivity contribution in [2.24, 2.45) is 5.73 Å². The Kier molecular flexibility index (Phi) is 4.29. The van der Waals surface area contributed by atoms with Gasteiger partial charge in [0.05, 0.1) is 0 Å². The first kappa shape index (κ1) is 12.2. The summed E-state index contributed by atoms with van der Waals surface area (Å²) in [5, 5.41) is 0. The second kappa shape index (κ2) is 5.28. The first-order valence-electron chi connectivity index (χ1n) is 5.43. The number of carbonyl (C=O) groups excluding carboxylic acids is 1. The molecular weight excluding hydrogens is 190 g/mol. The lowest BCUT2D eigenvalue weighted by molar-refractivity contribution is -0.133. The number of carbonyl (C=O) groups is 1. The van der Waals surface area contributed by atoms with Gasteiger partial charge in [0.2, 0.25) is 5.91 Å². The van der Waals surface area contributed by atoms with E-state index < -0.39 is 0 Å². The summed E-state index contributed by atoms with van der Waals surface area (Å²) in [7, 11) is 1.84. The summed E-state index contributed by atoms with van der Waals surface area (Å²) in [6.45, 7) is 7.77. The summed E-state index contributed by atoms with van der Waals surface area (Å²) in [5.41, 5.74) is 5.68. The van der Waals surface area contributed by atoms with Crippen molar-refractivity contribution in [2.75, 3.05) is 26.7 Å². The van der Waals surface area contributed by atoms with Gasteiger partial charge in [0, 0.05) is 32.7 Å². The number of rotatable bonds is 3. The molecule has 0 spiro atoms. The van der Waals surface area contributed by atoms with Gasteiger partial charge in [-0.1, -0.05) is 6.08 Å². The van der Waals surface area contributed by atoms with Crippen LogP contribution in [0.3, 0.4) is 0 Å². The lowest BCUT2D eigenvalue weighted by atomic mass is 10.1. The molecule has 0 radical (unpaired) electrons. The SMILES string of the molecule is C=CCN1C(C)CCN(C)C(=O)C1CN. The molecule has 0 aliphatic carbocycles. The molecule has 86 valence electrons. The second-order valence-electron chi connectivity index (χ2n) is 4.13. The van der Waals surface area contributed by atoms with E-state index in [9.17, 15) is 4.79 Å². The van der Waals surface area contributed by atoms with Crippen LogP contribution >= 0.6 is 0 Å². The van der Waals surface area contributed by atoms with Crippen LogP contribution < -0.4 is 5.73 Å². The number of hydrogen-bond acceptors (Lipinski definition) is 3. The number of nitrogens with two attached hydrogens (primary N) is 1. The van der Waals surface area contributed by atoms with Crippen molar-refractivity contribution in [3.05, 3.63) is 12.7 Å². The molecule has 0 saturated carbocycles. The van der Waals surface area contributed by atoms with Gasteiger partial charge in [-0.2, -0.15) is 0 Å². The van der Waals surface area contributed by atoms with E-state index in [4.69, 9.17) is 5.73 Å². The minimum Gasteiger partial charge on any atom is -0.344 e. The lowest BCUT2D eigenvalue weighted by Crippen LogP contribution is -2.51. The third-order valence-electron chi connectivity index (χ3n) is 3.07. The Morgan fingerprint density at radius 1 is 1.67 bits per heavy atom. The van der Waals surface area contributed by atoms with Gasteiger partial charge in [-0.05, 0) is 13.3 Å². The number of hydrogen-bond donors (Lipinski definition) is 1. The van der Waals surface area contributed by atoms with Gasteiger partial charge in [-0.25, -0.2) is 0 Å². The van der Waals surface area contributed by atoms with E-state index in [0.29, 0.717) is 12.6 Å². The van der Waals surface area contributed by atoms with E-state index in [0.717, 1.165) is 19.5 Å². The number of nitrogens with zero attached hydrogens (tertiary/aromatic N) is 2. The van der Waals surface area contributed by atoms with Crippen molar-refractivity contribution < 1.29 is 4.79 Å². The van der Waals surface area contributed by atoms with Crippen LogP contribution in [0.4, 0.5) is 0 Å². The minimum atomic E-state index is -0.189. The molecule has 4 heteroatoms. The maximum Gasteiger partial charge on any atom is 0.241 e. The molecule has 0 aromatic carbocycles. The van der Waals surface area contributed by atoms with Gasteiger partial charge in [0.15, 0.2) is 0 Å². The van der Waals surface area contributed by atoms with Crippen LogP contribution in [0.1, 0.15) is 13.3 Å². The van der Waals surface area contributed by atoms with Crippen molar-refractivity contribution in [1.29, 1.82) is 0 Å². The van der Waals surface area contributed by atoms with Crippen molar-refractivity contribution in [2.45, 2.75) is 25.4 Å². The Morgan fingerprint density at radius 3 is 2.87 bits per heavy atom. The lowest BCUT2D eigenvalue weighted by Gasteiger charge is -2.31. The van der Waals surface area contributed by atoms with E-state index in [1.165, 1.54) is 0 Å². The van der Waals surface area contributed by atoms with Crippen LogP contribution in [0.2, 0.25) is 0 Å². The first-order valence-corrected chi connectivity index (χ1v) is 5.43. The van der Waals surface area contributed by atoms with Crippen LogP contribution in [0.15, 0.2) is 12.7 Å². The summed E-state index contributed by atoms with van der Waals surface area (Å²) in [4.78, 5) is 15.9. The molecule has 0 bridgehead atoms. The first-order chi connectivity index (χ1) is 7.11. The molecule has 1 aliphatic rings. The van der Waals surface area contributed by atoms with Crippen LogP contribution in [0, 0.1) is 0 Å². The topological polar surface area (TPSA) is 49.6 Å². The molecule has 0 aromatic rings. The quantitative estimate of drug-likeness (QED) is 0.671. The Balaban J connectivity index is 2.87. The highest BCUT2D eigenvalue weighted by Crippen LogP contribution is 2.15. The van der Waals surface area contributed by atoms with Gasteiger partial charge in [-0.3, -0.25) is 9.69 Å². The molecule has 1 amide bonds. The zero-order chi connectivity index (χ0) is 11.4. The maximum atomic E-state index is 12.0. The summed E-state index contributed by atoms with van der Waals surface area (Å²) in [6.07, 6.45) is 2.82. The zero-order valence-electron chi connectivity index (χ0n) is 9.65. The van der Waals surface area contributed by atoms with Crippen LogP contribution in [0.25, 0.3) is 0 Å². The normalized spacial score (nSPS) is 29.0. The van der Waals surface area contributed by atoms with Gasteiger partial charge in [0.1, 0.15) is 6.04 Å². The molecular formula is C11H21N3O. The fraction of sp³-hybridized carbons (Fsp3) is 0.727. The van der Waals surface area contributed by atoms with E-state index in [-0.39, 0.29) is 11.9 Å². The van der Waals surface area contributed by atoms with E-state index in [1.54, 1.807) is 4.90 Å². The molecule has 15 heavy (non-hydrogen) atoms. The van der Waals surface area contributed by atoms with Gasteiger partial charge >= 0.3 is 0 Å². The molecule has 1 rings (SSSR count). The maximum absolute atomic E-state index is 12.0. The molecule has 4 nitrogen and oxygen atoms in total. The molecule has 1 aliphatic heterocycles. The highest BCUT2D eigenvalue weighted by molar-refractivity contribution is 5.82. The largest absolute Gasteiger partial charge is 0.344 e. The fourth-order valence-corrected chi connectivity index (χ4v) is 2.05. The molecule has 1 fully saturated rings. The molecule has 1 heterocycles. The van der Waals surface area contributed by atoms with Gasteiger partial charge in [0.25, 0.3) is 0 Å². The number of likely N-dealkylation sites (N-methyl/N-ethyl adjacent to an activating group) is 1. The Morgan fingerprint density at radius 2 is 2.33 bits per heavy atom. The summed E-state index contributed by atoms with van der Waals surface area (Å²) in [5.74, 6) is 0.128. The molecule has 2 unspecified atom stereocenters. The predicted octanol–water partition coefficient (Wildman–Crippen LogP) is 0.0523. The molecule has 2 N–H and O–H groups in total. The highest BCUT2D eigenvalue weighted by Gasteiger charge is 2.32. The van der Waals surface area contributed by atoms with E-state index in [1.807, 2.05) is 13.1 Å². The Labute approximate surface area is 91.7 Å². The number of amides is 1. The third kappa shape index (κ3) is 2.58. The van der Waals surface area contributed by atoms with Crippen LogP contribution in [0.5, 0.6) is 0 Å². The summed E-state index contributed by atoms with van der Waals surface area (Å²) in [6, 6.07) is 0.191. The van der Waals surface area contributed by atoms with Crippen LogP contribution in [-0.2, 0) is 4.79 Å². The zero-order valence-corrected chi connectivity index (χ0v) is 9.65. The molecule has 2 atom stereocenters. The van der Waals surface area contributed by atoms with Crippen LogP contribution in [-0.4, -0.2) is 54.5 Å². The summed E-state index contributed by atoms with van der Waals surface area (Å²) >= 11 is 0. The Hall–Kier alpha value is -0.870. The average molecular weight is 211 g/mol. The monoisotopic (exact) mass is 211 g/mol. The summed E-state index contributed by atoms with van der Waals surface area (Å²) < 4.78 is 0. The highest BCUT2D eigenvalue weighted by atomic mass is 16.2. The minimum absolute atomic E-state index is 0.128. The van der Waals surface area contributed by atoms with Gasteiger partial charge < -0.3 is 10.6 Å². The van der Waals surface area contributed by atoms with E-state index in [2.05, 4.69) is 18.4 Å². The van der Waals surface area contributed by atoms with Crippen molar-refractivity contribution in [3.63, 3.8) is 0 Å². The predicted molar refractivity (Wildman–Crippen MR) is 61.5 cm³/mol. The fourth-order valence-electron chi connectivity index (χ4n) is 2.05. The third-order valence-corrected chi connectivity index (χ3v) is 3.07. The van der Waals surface area contributed by atoms with Crippen molar-refractivity contribution in [1.82, 2.24) is 9.80 Å². The van der Waals surface area contributed by atoms with Crippen molar-refractivity contribution >= 4 is 5.91 Å².